The van der Waals surface area contributed by atoms with Gasteiger partial charge in [-0.3, -0.25) is 14.4 Å². The molecule has 1 fully saturated rings. The molecule has 2 atom stereocenters. The highest BCUT2D eigenvalue weighted by Crippen LogP contribution is 2.24. The van der Waals surface area contributed by atoms with E-state index in [1.807, 2.05) is 30.3 Å². The summed E-state index contributed by atoms with van der Waals surface area (Å²) in [4.78, 5) is 36.4. The number of rotatable bonds is 5. The van der Waals surface area contributed by atoms with E-state index in [1.54, 1.807) is 0 Å². The van der Waals surface area contributed by atoms with Crippen LogP contribution in [0.3, 0.4) is 0 Å². The fourth-order valence-corrected chi connectivity index (χ4v) is 3.67. The largest absolute Gasteiger partial charge is 0.481 e. The maximum Gasteiger partial charge on any atom is 0.308 e. The van der Waals surface area contributed by atoms with E-state index in [9.17, 15) is 19.5 Å². The lowest BCUT2D eigenvalue weighted by Gasteiger charge is -2.26. The SMILES string of the molecule is O=C(N[C@H]1CCCCC[C@H]1C(=O)O)C1=NN(Cc2ccccc2)C(=O)CC1. The fraction of sp³-hybridized carbons (Fsp3) is 0.500. The van der Waals surface area contributed by atoms with Gasteiger partial charge in [-0.1, -0.05) is 49.6 Å². The van der Waals surface area contributed by atoms with Crippen molar-refractivity contribution in [2.24, 2.45) is 11.0 Å². The second-order valence-corrected chi connectivity index (χ2v) is 7.15. The van der Waals surface area contributed by atoms with Crippen molar-refractivity contribution >= 4 is 23.5 Å². The normalized spacial score (nSPS) is 23.3. The molecule has 3 rings (SSSR count). The van der Waals surface area contributed by atoms with Crippen LogP contribution >= 0.6 is 0 Å². The summed E-state index contributed by atoms with van der Waals surface area (Å²) in [7, 11) is 0. The number of aliphatic carboxylic acids is 1. The Hall–Kier alpha value is -2.70. The van der Waals surface area contributed by atoms with E-state index < -0.39 is 11.9 Å². The molecule has 1 heterocycles. The van der Waals surface area contributed by atoms with Gasteiger partial charge >= 0.3 is 5.97 Å². The predicted molar refractivity (Wildman–Crippen MR) is 99.8 cm³/mol. The van der Waals surface area contributed by atoms with Gasteiger partial charge in [0.15, 0.2) is 0 Å². The standard InChI is InChI=1S/C20H25N3O4/c24-18-12-11-17(22-23(18)13-14-7-3-1-4-8-14)19(25)21-16-10-6-2-5-9-15(16)20(26)27/h1,3-4,7-8,15-16H,2,5-6,9-13H2,(H,21,25)(H,26,27)/t15-,16+/m1/s1. The quantitative estimate of drug-likeness (QED) is 0.776. The van der Waals surface area contributed by atoms with Crippen molar-refractivity contribution in [3.05, 3.63) is 35.9 Å². The number of hydrogen-bond acceptors (Lipinski definition) is 4. The van der Waals surface area contributed by atoms with Crippen LogP contribution in [-0.4, -0.2) is 39.7 Å². The van der Waals surface area contributed by atoms with Crippen molar-refractivity contribution in [3.63, 3.8) is 0 Å². The topological polar surface area (TPSA) is 99.1 Å². The summed E-state index contributed by atoms with van der Waals surface area (Å²) in [6, 6.07) is 9.09. The lowest BCUT2D eigenvalue weighted by Crippen LogP contribution is -2.47. The zero-order chi connectivity index (χ0) is 19.2. The van der Waals surface area contributed by atoms with Gasteiger partial charge in [0.1, 0.15) is 5.71 Å². The Morgan fingerprint density at radius 1 is 1.11 bits per heavy atom. The highest BCUT2D eigenvalue weighted by atomic mass is 16.4. The molecule has 7 nitrogen and oxygen atoms in total. The first-order valence-corrected chi connectivity index (χ1v) is 9.50. The summed E-state index contributed by atoms with van der Waals surface area (Å²) < 4.78 is 0. The Morgan fingerprint density at radius 3 is 2.59 bits per heavy atom. The van der Waals surface area contributed by atoms with E-state index in [4.69, 9.17) is 0 Å². The Kier molecular flexibility index (Phi) is 6.21. The van der Waals surface area contributed by atoms with Crippen LogP contribution in [0.15, 0.2) is 35.4 Å². The number of hydrazone groups is 1. The van der Waals surface area contributed by atoms with Crippen molar-refractivity contribution in [1.82, 2.24) is 10.3 Å². The number of nitrogens with one attached hydrogen (secondary N) is 1. The van der Waals surface area contributed by atoms with Gasteiger partial charge in [-0.05, 0) is 18.4 Å². The molecule has 2 N–H and O–H groups in total. The number of nitrogens with zero attached hydrogens (tertiary/aromatic N) is 2. The lowest BCUT2D eigenvalue weighted by atomic mass is 9.94. The van der Waals surface area contributed by atoms with E-state index in [1.165, 1.54) is 5.01 Å². The summed E-state index contributed by atoms with van der Waals surface area (Å²) in [5.74, 6) is -1.91. The highest BCUT2D eigenvalue weighted by molar-refractivity contribution is 6.39. The third-order valence-corrected chi connectivity index (χ3v) is 5.19. The summed E-state index contributed by atoms with van der Waals surface area (Å²) in [5.41, 5.74) is 1.23. The zero-order valence-corrected chi connectivity index (χ0v) is 15.3. The molecule has 0 spiro atoms. The van der Waals surface area contributed by atoms with Gasteiger partial charge in [-0.15, -0.1) is 0 Å². The number of amides is 2. The molecule has 1 aliphatic carbocycles. The molecule has 0 radical (unpaired) electrons. The van der Waals surface area contributed by atoms with E-state index in [0.717, 1.165) is 24.8 Å². The summed E-state index contributed by atoms with van der Waals surface area (Å²) in [6.07, 6.45) is 4.49. The summed E-state index contributed by atoms with van der Waals surface area (Å²) in [6.45, 7) is 0.317. The maximum atomic E-state index is 12.7. The molecule has 7 heteroatoms. The van der Waals surface area contributed by atoms with Crippen LogP contribution in [0.25, 0.3) is 0 Å². The van der Waals surface area contributed by atoms with Crippen LogP contribution in [0.1, 0.15) is 50.5 Å². The average Bonchev–Trinajstić information content (AvgIpc) is 2.90. The maximum absolute atomic E-state index is 12.7. The van der Waals surface area contributed by atoms with Crippen molar-refractivity contribution in [1.29, 1.82) is 0 Å². The number of carbonyl (C=O) groups is 3. The third-order valence-electron chi connectivity index (χ3n) is 5.19. The first-order valence-electron chi connectivity index (χ1n) is 9.50. The van der Waals surface area contributed by atoms with Crippen molar-refractivity contribution < 1.29 is 19.5 Å². The first-order chi connectivity index (χ1) is 13.0. The van der Waals surface area contributed by atoms with Gasteiger partial charge in [-0.25, -0.2) is 5.01 Å². The van der Waals surface area contributed by atoms with Crippen LogP contribution in [-0.2, 0) is 20.9 Å². The van der Waals surface area contributed by atoms with Gasteiger partial charge in [-0.2, -0.15) is 5.10 Å². The summed E-state index contributed by atoms with van der Waals surface area (Å²) in [5, 5.41) is 17.9. The minimum Gasteiger partial charge on any atom is -0.481 e. The minimum atomic E-state index is -0.867. The molecule has 1 aromatic carbocycles. The third kappa shape index (κ3) is 4.93. The molecule has 1 saturated carbocycles. The molecular formula is C20H25N3O4. The Labute approximate surface area is 158 Å². The van der Waals surface area contributed by atoms with Crippen LogP contribution in [0.2, 0.25) is 0 Å². The van der Waals surface area contributed by atoms with Gasteiger partial charge < -0.3 is 10.4 Å². The molecule has 1 aromatic rings. The first kappa shape index (κ1) is 19.1. The van der Waals surface area contributed by atoms with Gasteiger partial charge in [0.05, 0.1) is 12.5 Å². The summed E-state index contributed by atoms with van der Waals surface area (Å²) >= 11 is 0. The van der Waals surface area contributed by atoms with Crippen LogP contribution < -0.4 is 5.32 Å². The van der Waals surface area contributed by atoms with Crippen molar-refractivity contribution in [2.75, 3.05) is 0 Å². The molecule has 27 heavy (non-hydrogen) atoms. The molecule has 0 aromatic heterocycles. The predicted octanol–water partition coefficient (Wildman–Crippen LogP) is 2.31. The van der Waals surface area contributed by atoms with E-state index >= 15 is 0 Å². The molecule has 0 bridgehead atoms. The highest BCUT2D eigenvalue weighted by Gasteiger charge is 2.32. The van der Waals surface area contributed by atoms with Gasteiger partial charge in [0.25, 0.3) is 5.91 Å². The fourth-order valence-electron chi connectivity index (χ4n) is 3.67. The second kappa shape index (κ2) is 8.79. The second-order valence-electron chi connectivity index (χ2n) is 7.15. The average molecular weight is 371 g/mol. The van der Waals surface area contributed by atoms with Crippen LogP contribution in [0.4, 0.5) is 0 Å². The van der Waals surface area contributed by atoms with E-state index in [0.29, 0.717) is 25.1 Å². The number of carboxylic acid groups (broad SMARTS) is 1. The number of carboxylic acids is 1. The molecule has 2 aliphatic rings. The molecule has 144 valence electrons. The van der Waals surface area contributed by atoms with Crippen molar-refractivity contribution in [2.45, 2.75) is 57.5 Å². The van der Waals surface area contributed by atoms with Crippen LogP contribution in [0, 0.1) is 5.92 Å². The van der Waals surface area contributed by atoms with E-state index in [-0.39, 0.29) is 30.7 Å². The molecule has 0 saturated heterocycles. The van der Waals surface area contributed by atoms with Gasteiger partial charge in [0.2, 0.25) is 5.91 Å². The van der Waals surface area contributed by atoms with Gasteiger partial charge in [0, 0.05) is 18.9 Å². The Morgan fingerprint density at radius 2 is 1.85 bits per heavy atom. The molecular weight excluding hydrogens is 346 g/mol. The smallest absolute Gasteiger partial charge is 0.308 e. The van der Waals surface area contributed by atoms with E-state index in [2.05, 4.69) is 10.4 Å². The molecule has 2 amide bonds. The van der Waals surface area contributed by atoms with Crippen molar-refractivity contribution in [3.8, 4) is 0 Å². The Bertz CT molecular complexity index is 732. The van der Waals surface area contributed by atoms with Crippen LogP contribution in [0.5, 0.6) is 0 Å². The number of benzene rings is 1. The minimum absolute atomic E-state index is 0.117. The monoisotopic (exact) mass is 371 g/mol. The number of carbonyl (C=O) groups excluding carboxylic acids is 2. The number of hydrogen-bond donors (Lipinski definition) is 2. The Balaban J connectivity index is 1.70. The zero-order valence-electron chi connectivity index (χ0n) is 15.3. The molecule has 1 aliphatic heterocycles. The molecule has 0 unspecified atom stereocenters. The lowest BCUT2D eigenvalue weighted by molar-refractivity contribution is -0.143.